The highest BCUT2D eigenvalue weighted by Gasteiger charge is 2.29. The minimum Gasteiger partial charge on any atom is -0.465 e. The van der Waals surface area contributed by atoms with Gasteiger partial charge in [-0.1, -0.05) is 6.92 Å². The summed E-state index contributed by atoms with van der Waals surface area (Å²) in [7, 11) is 4.26. The van der Waals surface area contributed by atoms with Crippen LogP contribution in [0, 0.1) is 0 Å². The van der Waals surface area contributed by atoms with Crippen LogP contribution in [-0.4, -0.2) is 61.6 Å². The van der Waals surface area contributed by atoms with Gasteiger partial charge in [-0.3, -0.25) is 9.69 Å². The molecule has 0 aromatic rings. The van der Waals surface area contributed by atoms with E-state index in [1.54, 1.807) is 0 Å². The summed E-state index contributed by atoms with van der Waals surface area (Å²) in [4.78, 5) is 16.4. The number of carbonyl (C=O) groups is 1. The maximum absolute atomic E-state index is 11.8. The molecule has 1 atom stereocenters. The van der Waals surface area contributed by atoms with Gasteiger partial charge in [0.1, 0.15) is 6.04 Å². The minimum absolute atomic E-state index is 0.0435. The number of nitrogens with zero attached hydrogens (tertiary/aromatic N) is 2. The van der Waals surface area contributed by atoms with E-state index in [1.807, 2.05) is 6.92 Å². The standard InChI is InChI=1S/C13H26N2O2/c1-5-12(13(16)17-6-2)15-9-7-11(8-10-15)14(3)4/h11-12H,5-10H2,1-4H3. The van der Waals surface area contributed by atoms with Crippen LogP contribution in [0.4, 0.5) is 0 Å². The Labute approximate surface area is 105 Å². The van der Waals surface area contributed by atoms with Gasteiger partial charge in [-0.25, -0.2) is 0 Å². The van der Waals surface area contributed by atoms with Crippen molar-refractivity contribution in [3.63, 3.8) is 0 Å². The molecule has 4 nitrogen and oxygen atoms in total. The Morgan fingerprint density at radius 1 is 1.35 bits per heavy atom. The summed E-state index contributed by atoms with van der Waals surface area (Å²) in [5.41, 5.74) is 0. The quantitative estimate of drug-likeness (QED) is 0.681. The molecule has 0 bridgehead atoms. The van der Waals surface area contributed by atoms with Crippen molar-refractivity contribution in [3.8, 4) is 0 Å². The number of hydrogen-bond acceptors (Lipinski definition) is 4. The predicted octanol–water partition coefficient (Wildman–Crippen LogP) is 1.35. The van der Waals surface area contributed by atoms with E-state index in [0.717, 1.165) is 32.4 Å². The summed E-state index contributed by atoms with van der Waals surface area (Å²) in [5.74, 6) is -0.0571. The van der Waals surface area contributed by atoms with Crippen molar-refractivity contribution in [2.75, 3.05) is 33.8 Å². The lowest BCUT2D eigenvalue weighted by Gasteiger charge is -2.38. The number of rotatable bonds is 5. The average molecular weight is 242 g/mol. The van der Waals surface area contributed by atoms with Gasteiger partial charge in [-0.2, -0.15) is 0 Å². The molecule has 4 heteroatoms. The summed E-state index contributed by atoms with van der Waals surface area (Å²) in [6.45, 7) is 6.40. The fourth-order valence-electron chi connectivity index (χ4n) is 2.53. The van der Waals surface area contributed by atoms with Crippen LogP contribution >= 0.6 is 0 Å². The molecule has 17 heavy (non-hydrogen) atoms. The third-order valence-electron chi connectivity index (χ3n) is 3.62. The van der Waals surface area contributed by atoms with Crippen LogP contribution in [-0.2, 0) is 9.53 Å². The Hall–Kier alpha value is -0.610. The molecule has 0 aromatic heterocycles. The Bertz CT molecular complexity index is 236. The molecule has 0 saturated carbocycles. The number of carbonyl (C=O) groups excluding carboxylic acids is 1. The van der Waals surface area contributed by atoms with Crippen LogP contribution in [0.2, 0.25) is 0 Å². The van der Waals surface area contributed by atoms with Gasteiger partial charge in [0.2, 0.25) is 0 Å². The Morgan fingerprint density at radius 3 is 2.35 bits per heavy atom. The number of likely N-dealkylation sites (tertiary alicyclic amines) is 1. The second-order valence-corrected chi connectivity index (χ2v) is 4.91. The molecule has 0 amide bonds. The minimum atomic E-state index is -0.0571. The first-order chi connectivity index (χ1) is 8.10. The van der Waals surface area contributed by atoms with Gasteiger partial charge in [-0.15, -0.1) is 0 Å². The van der Waals surface area contributed by atoms with E-state index < -0.39 is 0 Å². The fraction of sp³-hybridized carbons (Fsp3) is 0.923. The summed E-state index contributed by atoms with van der Waals surface area (Å²) in [6.07, 6.45) is 3.12. The van der Waals surface area contributed by atoms with Gasteiger partial charge >= 0.3 is 5.97 Å². The smallest absolute Gasteiger partial charge is 0.323 e. The maximum atomic E-state index is 11.8. The lowest BCUT2D eigenvalue weighted by Crippen LogP contribution is -2.49. The predicted molar refractivity (Wildman–Crippen MR) is 69.0 cm³/mol. The molecule has 0 radical (unpaired) electrons. The number of piperidine rings is 1. The summed E-state index contributed by atoms with van der Waals surface area (Å²) in [6, 6.07) is 0.615. The lowest BCUT2D eigenvalue weighted by atomic mass is 10.0. The van der Waals surface area contributed by atoms with Crippen LogP contribution in [0.1, 0.15) is 33.1 Å². The number of ether oxygens (including phenoxy) is 1. The summed E-state index contributed by atoms with van der Waals surface area (Å²) in [5, 5.41) is 0. The summed E-state index contributed by atoms with van der Waals surface area (Å²) >= 11 is 0. The molecule has 100 valence electrons. The lowest BCUT2D eigenvalue weighted by molar-refractivity contribution is -0.150. The molecule has 1 rings (SSSR count). The first-order valence-electron chi connectivity index (χ1n) is 6.67. The first-order valence-corrected chi connectivity index (χ1v) is 6.67. The van der Waals surface area contributed by atoms with Crippen molar-refractivity contribution < 1.29 is 9.53 Å². The topological polar surface area (TPSA) is 32.8 Å². The van der Waals surface area contributed by atoms with E-state index in [2.05, 4.69) is 30.8 Å². The number of hydrogen-bond donors (Lipinski definition) is 0. The Balaban J connectivity index is 2.47. The van der Waals surface area contributed by atoms with Crippen molar-refractivity contribution in [2.45, 2.75) is 45.2 Å². The average Bonchev–Trinajstić information content (AvgIpc) is 2.31. The third kappa shape index (κ3) is 3.96. The van der Waals surface area contributed by atoms with Crippen LogP contribution in [0.3, 0.4) is 0 Å². The van der Waals surface area contributed by atoms with Gasteiger partial charge < -0.3 is 9.64 Å². The second-order valence-electron chi connectivity index (χ2n) is 4.91. The van der Waals surface area contributed by atoms with Gasteiger partial charge in [-0.05, 0) is 40.3 Å². The Kier molecular flexibility index (Phi) is 5.92. The highest BCUT2D eigenvalue weighted by atomic mass is 16.5. The van der Waals surface area contributed by atoms with Gasteiger partial charge in [0.05, 0.1) is 6.61 Å². The Morgan fingerprint density at radius 2 is 1.94 bits per heavy atom. The van der Waals surface area contributed by atoms with Gasteiger partial charge in [0.15, 0.2) is 0 Å². The summed E-state index contributed by atoms with van der Waals surface area (Å²) < 4.78 is 5.13. The SMILES string of the molecule is CCOC(=O)C(CC)N1CCC(N(C)C)CC1. The van der Waals surface area contributed by atoms with Crippen LogP contribution < -0.4 is 0 Å². The molecular weight excluding hydrogens is 216 g/mol. The third-order valence-corrected chi connectivity index (χ3v) is 3.62. The van der Waals surface area contributed by atoms with Crippen molar-refractivity contribution in [1.82, 2.24) is 9.80 Å². The zero-order valence-electron chi connectivity index (χ0n) is 11.6. The molecule has 1 saturated heterocycles. The molecule has 0 aliphatic carbocycles. The van der Waals surface area contributed by atoms with Crippen LogP contribution in [0.25, 0.3) is 0 Å². The van der Waals surface area contributed by atoms with Crippen molar-refractivity contribution in [3.05, 3.63) is 0 Å². The van der Waals surface area contributed by atoms with Crippen molar-refractivity contribution in [1.29, 1.82) is 0 Å². The van der Waals surface area contributed by atoms with E-state index in [1.165, 1.54) is 0 Å². The molecule has 1 aliphatic heterocycles. The molecule has 1 fully saturated rings. The highest BCUT2D eigenvalue weighted by Crippen LogP contribution is 2.18. The van der Waals surface area contributed by atoms with E-state index in [0.29, 0.717) is 12.6 Å². The monoisotopic (exact) mass is 242 g/mol. The fourth-order valence-corrected chi connectivity index (χ4v) is 2.53. The molecule has 0 N–H and O–H groups in total. The molecule has 0 aromatic carbocycles. The zero-order chi connectivity index (χ0) is 12.8. The van der Waals surface area contributed by atoms with Gasteiger partial charge in [0, 0.05) is 19.1 Å². The molecular formula is C13H26N2O2. The van der Waals surface area contributed by atoms with Crippen LogP contribution in [0.15, 0.2) is 0 Å². The first kappa shape index (κ1) is 14.5. The van der Waals surface area contributed by atoms with E-state index in [9.17, 15) is 4.79 Å². The van der Waals surface area contributed by atoms with E-state index >= 15 is 0 Å². The second kappa shape index (κ2) is 6.97. The molecule has 1 aliphatic rings. The van der Waals surface area contributed by atoms with E-state index in [4.69, 9.17) is 4.74 Å². The molecule has 1 heterocycles. The highest BCUT2D eigenvalue weighted by molar-refractivity contribution is 5.75. The van der Waals surface area contributed by atoms with E-state index in [-0.39, 0.29) is 12.0 Å². The van der Waals surface area contributed by atoms with Gasteiger partial charge in [0.25, 0.3) is 0 Å². The van der Waals surface area contributed by atoms with Crippen molar-refractivity contribution >= 4 is 5.97 Å². The van der Waals surface area contributed by atoms with Crippen LogP contribution in [0.5, 0.6) is 0 Å². The maximum Gasteiger partial charge on any atom is 0.323 e. The zero-order valence-corrected chi connectivity index (χ0v) is 11.6. The number of esters is 1. The molecule has 1 unspecified atom stereocenters. The van der Waals surface area contributed by atoms with Crippen molar-refractivity contribution in [2.24, 2.45) is 0 Å². The molecule has 0 spiro atoms. The normalized spacial score (nSPS) is 20.5. The largest absolute Gasteiger partial charge is 0.465 e.